The molecule has 5 aromatic carbocycles. The topological polar surface area (TPSA) is 88.5 Å². The Morgan fingerprint density at radius 2 is 0.977 bits per heavy atom. The maximum absolute atomic E-state index is 14.9. The molecule has 0 aromatic heterocycles. The molecular formula is C38H22O5. The van der Waals surface area contributed by atoms with Crippen LogP contribution >= 0.6 is 0 Å². The predicted octanol–water partition coefficient (Wildman–Crippen LogP) is 6.57. The van der Waals surface area contributed by atoms with E-state index in [1.165, 1.54) is 0 Å². The lowest BCUT2D eigenvalue weighted by Gasteiger charge is -2.41. The van der Waals surface area contributed by atoms with Gasteiger partial charge in [-0.3, -0.25) is 19.2 Å². The van der Waals surface area contributed by atoms with Crippen molar-refractivity contribution in [3.05, 3.63) is 172 Å². The molecule has 0 saturated carbocycles. The molecule has 5 nitrogen and oxygen atoms in total. The first-order valence-corrected chi connectivity index (χ1v) is 14.0. The Labute approximate surface area is 246 Å². The average molecular weight is 559 g/mol. The van der Waals surface area contributed by atoms with Crippen molar-refractivity contribution in [3.63, 3.8) is 0 Å². The standard InChI is InChI=1S/C38H22O5/c39-33-26-16-6-7-17-27(26)34(40)32(33)31-21-30(25-20-10-12-22-11-4-5-15-24(22)25)37(38(31,43)23-13-2-1-3-14-23)35(41)28-18-8-9-19-29(28)36(37)42/h1-21,43H/t38-/m0/s1. The smallest absolute Gasteiger partial charge is 0.198 e. The van der Waals surface area contributed by atoms with Gasteiger partial charge in [-0.15, -0.1) is 0 Å². The van der Waals surface area contributed by atoms with E-state index in [1.807, 2.05) is 42.5 Å². The van der Waals surface area contributed by atoms with E-state index < -0.39 is 34.1 Å². The summed E-state index contributed by atoms with van der Waals surface area (Å²) in [6, 6.07) is 34.6. The van der Waals surface area contributed by atoms with Gasteiger partial charge in [0, 0.05) is 27.8 Å². The van der Waals surface area contributed by atoms with Crippen LogP contribution in [0.4, 0.5) is 0 Å². The van der Waals surface area contributed by atoms with Crippen molar-refractivity contribution in [2.24, 2.45) is 5.41 Å². The van der Waals surface area contributed by atoms with Gasteiger partial charge in [-0.2, -0.15) is 0 Å². The molecule has 0 radical (unpaired) electrons. The van der Waals surface area contributed by atoms with Gasteiger partial charge in [0.25, 0.3) is 0 Å². The summed E-state index contributed by atoms with van der Waals surface area (Å²) in [5.41, 5.74) is -3.00. The highest BCUT2D eigenvalue weighted by atomic mass is 16.3. The van der Waals surface area contributed by atoms with Crippen molar-refractivity contribution in [1.29, 1.82) is 0 Å². The Hall–Kier alpha value is -5.52. The summed E-state index contributed by atoms with van der Waals surface area (Å²) in [6.45, 7) is 0. The lowest BCUT2D eigenvalue weighted by Crippen LogP contribution is -2.52. The summed E-state index contributed by atoms with van der Waals surface area (Å²) < 4.78 is 0. The molecule has 0 fully saturated rings. The third-order valence-electron chi connectivity index (χ3n) is 9.13. The van der Waals surface area contributed by atoms with Crippen LogP contribution in [0.2, 0.25) is 0 Å². The highest BCUT2D eigenvalue weighted by Crippen LogP contribution is 2.65. The summed E-state index contributed by atoms with van der Waals surface area (Å²) in [5, 5.41) is 14.9. The van der Waals surface area contributed by atoms with Gasteiger partial charge in [0.1, 0.15) is 5.60 Å². The lowest BCUT2D eigenvalue weighted by atomic mass is 9.61. The second kappa shape index (κ2) is 8.74. The maximum Gasteiger partial charge on any atom is 0.198 e. The van der Waals surface area contributed by atoms with E-state index in [1.54, 1.807) is 84.9 Å². The van der Waals surface area contributed by atoms with Crippen LogP contribution in [0, 0.1) is 5.41 Å². The Balaban J connectivity index is 1.56. The SMILES string of the molecule is O=C1C(=C2C=C(c3cccc4ccccc34)C3(C(=O)c4ccccc4C3=O)[C@]2(O)c2ccccc2)C(=O)c2ccccc21. The minimum Gasteiger partial charge on any atom is -0.378 e. The molecule has 1 spiro atoms. The summed E-state index contributed by atoms with van der Waals surface area (Å²) >= 11 is 0. The molecule has 0 saturated heterocycles. The number of aliphatic hydroxyl groups is 1. The van der Waals surface area contributed by atoms with Gasteiger partial charge in [-0.25, -0.2) is 0 Å². The Bertz CT molecular complexity index is 2090. The molecule has 1 atom stereocenters. The highest BCUT2D eigenvalue weighted by Gasteiger charge is 2.72. The molecule has 3 aliphatic carbocycles. The second-order valence-electron chi connectivity index (χ2n) is 11.1. The summed E-state index contributed by atoms with van der Waals surface area (Å²) in [6.07, 6.45) is 1.55. The summed E-state index contributed by atoms with van der Waals surface area (Å²) in [7, 11) is 0. The van der Waals surface area contributed by atoms with E-state index >= 15 is 0 Å². The van der Waals surface area contributed by atoms with Crippen molar-refractivity contribution in [2.45, 2.75) is 5.60 Å². The monoisotopic (exact) mass is 558 g/mol. The molecule has 1 N–H and O–H groups in total. The predicted molar refractivity (Wildman–Crippen MR) is 162 cm³/mol. The van der Waals surface area contributed by atoms with E-state index in [0.29, 0.717) is 5.56 Å². The molecular weight excluding hydrogens is 536 g/mol. The fourth-order valence-corrected chi connectivity index (χ4v) is 7.25. The van der Waals surface area contributed by atoms with Crippen LogP contribution in [-0.2, 0) is 5.60 Å². The van der Waals surface area contributed by atoms with Crippen molar-refractivity contribution >= 4 is 39.5 Å². The quantitative estimate of drug-likeness (QED) is 0.151. The zero-order valence-corrected chi connectivity index (χ0v) is 22.7. The van der Waals surface area contributed by atoms with Crippen molar-refractivity contribution in [1.82, 2.24) is 0 Å². The zero-order valence-electron chi connectivity index (χ0n) is 22.7. The molecule has 0 bridgehead atoms. The van der Waals surface area contributed by atoms with E-state index in [0.717, 1.165) is 10.8 Å². The van der Waals surface area contributed by atoms with Crippen LogP contribution in [0.3, 0.4) is 0 Å². The number of ketones is 4. The van der Waals surface area contributed by atoms with E-state index in [9.17, 15) is 24.3 Å². The Morgan fingerprint density at radius 3 is 1.60 bits per heavy atom. The van der Waals surface area contributed by atoms with Gasteiger partial charge in [-0.1, -0.05) is 121 Å². The van der Waals surface area contributed by atoms with Crippen LogP contribution in [0.1, 0.15) is 52.6 Å². The van der Waals surface area contributed by atoms with Gasteiger partial charge >= 0.3 is 0 Å². The van der Waals surface area contributed by atoms with Crippen LogP contribution in [0.15, 0.2) is 139 Å². The second-order valence-corrected chi connectivity index (χ2v) is 11.1. The molecule has 5 heteroatoms. The number of fused-ring (bicyclic) bond motifs is 3. The first-order valence-electron chi connectivity index (χ1n) is 14.0. The Morgan fingerprint density at radius 1 is 0.488 bits per heavy atom. The largest absolute Gasteiger partial charge is 0.378 e. The first-order chi connectivity index (χ1) is 20.9. The molecule has 0 aliphatic heterocycles. The number of Topliss-reactive ketones (excluding diaryl/α,β-unsaturated/α-hetero) is 4. The fourth-order valence-electron chi connectivity index (χ4n) is 7.25. The normalized spacial score (nSPS) is 20.3. The van der Waals surface area contributed by atoms with Crippen LogP contribution in [0.5, 0.6) is 0 Å². The molecule has 0 unspecified atom stereocenters. The third-order valence-corrected chi connectivity index (χ3v) is 9.13. The summed E-state index contributed by atoms with van der Waals surface area (Å²) in [5.74, 6) is -2.26. The van der Waals surface area contributed by atoms with Crippen molar-refractivity contribution in [2.75, 3.05) is 0 Å². The van der Waals surface area contributed by atoms with Crippen LogP contribution < -0.4 is 0 Å². The molecule has 204 valence electrons. The molecule has 8 rings (SSSR count). The number of hydrogen-bond donors (Lipinski definition) is 1. The first kappa shape index (κ1) is 25.2. The molecule has 0 heterocycles. The third kappa shape index (κ3) is 2.99. The Kier molecular flexibility index (Phi) is 5.13. The number of carbonyl (C=O) groups is 4. The van der Waals surface area contributed by atoms with Gasteiger partial charge < -0.3 is 5.11 Å². The number of rotatable bonds is 2. The van der Waals surface area contributed by atoms with Gasteiger partial charge in [0.15, 0.2) is 28.5 Å². The molecule has 43 heavy (non-hydrogen) atoms. The minimum absolute atomic E-state index is 0.0534. The van der Waals surface area contributed by atoms with Crippen LogP contribution in [0.25, 0.3) is 16.3 Å². The summed E-state index contributed by atoms with van der Waals surface area (Å²) in [4.78, 5) is 57.7. The number of hydrogen-bond acceptors (Lipinski definition) is 5. The van der Waals surface area contributed by atoms with Gasteiger partial charge in [0.05, 0.1) is 5.57 Å². The van der Waals surface area contributed by atoms with Crippen molar-refractivity contribution < 1.29 is 24.3 Å². The van der Waals surface area contributed by atoms with Crippen LogP contribution in [-0.4, -0.2) is 28.2 Å². The van der Waals surface area contributed by atoms with Gasteiger partial charge in [0.2, 0.25) is 0 Å². The maximum atomic E-state index is 14.9. The molecule has 3 aliphatic rings. The van der Waals surface area contributed by atoms with E-state index in [-0.39, 0.29) is 44.5 Å². The minimum atomic E-state index is -2.38. The van der Waals surface area contributed by atoms with E-state index in [4.69, 9.17) is 0 Å². The van der Waals surface area contributed by atoms with Crippen molar-refractivity contribution in [3.8, 4) is 0 Å². The number of allylic oxidation sites excluding steroid dienone is 1. The highest BCUT2D eigenvalue weighted by molar-refractivity contribution is 6.42. The zero-order chi connectivity index (χ0) is 29.5. The van der Waals surface area contributed by atoms with E-state index in [2.05, 4.69) is 0 Å². The average Bonchev–Trinajstić information content (AvgIpc) is 3.57. The number of benzene rings is 5. The number of carbonyl (C=O) groups excluding carboxylic acids is 4. The molecule has 0 amide bonds. The molecule has 5 aromatic rings. The van der Waals surface area contributed by atoms with Gasteiger partial charge in [-0.05, 0) is 33.5 Å². The lowest BCUT2D eigenvalue weighted by molar-refractivity contribution is 0.00255. The fraction of sp³-hybridized carbons (Fsp3) is 0.0526.